The van der Waals surface area contributed by atoms with Gasteiger partial charge in [0.15, 0.2) is 0 Å². The molecule has 1 amide bonds. The molecule has 2 saturated carbocycles. The van der Waals surface area contributed by atoms with E-state index in [1.165, 1.54) is 32.1 Å². The lowest BCUT2D eigenvalue weighted by Crippen LogP contribution is -2.38. The summed E-state index contributed by atoms with van der Waals surface area (Å²) in [6.07, 6.45) is 9.97. The average molecular weight is 302 g/mol. The highest BCUT2D eigenvalue weighted by Gasteiger charge is 2.53. The highest BCUT2D eigenvalue weighted by Crippen LogP contribution is 2.55. The van der Waals surface area contributed by atoms with Crippen molar-refractivity contribution in [1.29, 1.82) is 0 Å². The van der Waals surface area contributed by atoms with E-state index in [0.29, 0.717) is 18.2 Å². The van der Waals surface area contributed by atoms with Crippen molar-refractivity contribution in [3.8, 4) is 0 Å². The minimum atomic E-state index is 0.289. The predicted molar refractivity (Wildman–Crippen MR) is 83.3 cm³/mol. The van der Waals surface area contributed by atoms with E-state index in [9.17, 15) is 4.79 Å². The molecule has 4 rings (SSSR count). The summed E-state index contributed by atoms with van der Waals surface area (Å²) < 4.78 is 2.27. The van der Waals surface area contributed by atoms with Crippen LogP contribution in [0, 0.1) is 11.3 Å². The molecule has 0 N–H and O–H groups in total. The summed E-state index contributed by atoms with van der Waals surface area (Å²) in [5.74, 6) is 2.68. The van der Waals surface area contributed by atoms with Crippen LogP contribution in [0.2, 0.25) is 0 Å². The highest BCUT2D eigenvalue weighted by atomic mass is 16.2. The second-order valence-electron chi connectivity index (χ2n) is 7.58. The number of nitrogens with zero attached hydrogens (tertiary/aromatic N) is 4. The molecule has 2 aliphatic carbocycles. The van der Waals surface area contributed by atoms with E-state index in [4.69, 9.17) is 0 Å². The van der Waals surface area contributed by atoms with Crippen molar-refractivity contribution in [3.05, 3.63) is 12.2 Å². The van der Waals surface area contributed by atoms with Crippen molar-refractivity contribution in [3.63, 3.8) is 0 Å². The molecule has 1 aromatic rings. The lowest BCUT2D eigenvalue weighted by molar-refractivity contribution is -0.130. The van der Waals surface area contributed by atoms with E-state index < -0.39 is 0 Å². The molecular weight excluding hydrogens is 276 g/mol. The molecule has 120 valence electrons. The molecular formula is C17H26N4O. The highest BCUT2D eigenvalue weighted by molar-refractivity contribution is 5.76. The smallest absolute Gasteiger partial charge is 0.222 e. The SMILES string of the molecule is CCCC(=O)N1CC(c2nncn2CC2CC2)C2(CCC2)C1. The Morgan fingerprint density at radius 1 is 1.41 bits per heavy atom. The molecule has 3 fully saturated rings. The first-order valence-electron chi connectivity index (χ1n) is 8.87. The van der Waals surface area contributed by atoms with E-state index in [0.717, 1.165) is 37.8 Å². The minimum absolute atomic E-state index is 0.289. The Hall–Kier alpha value is -1.39. The molecule has 22 heavy (non-hydrogen) atoms. The van der Waals surface area contributed by atoms with Gasteiger partial charge in [0.05, 0.1) is 0 Å². The molecule has 1 unspecified atom stereocenters. The Morgan fingerprint density at radius 2 is 2.23 bits per heavy atom. The number of hydrogen-bond acceptors (Lipinski definition) is 3. The van der Waals surface area contributed by atoms with E-state index >= 15 is 0 Å². The van der Waals surface area contributed by atoms with E-state index in [1.54, 1.807) is 0 Å². The summed E-state index contributed by atoms with van der Waals surface area (Å²) in [6, 6.07) is 0. The normalized spacial score (nSPS) is 26.4. The van der Waals surface area contributed by atoms with Crippen LogP contribution in [0.5, 0.6) is 0 Å². The maximum atomic E-state index is 12.3. The van der Waals surface area contributed by atoms with Crippen molar-refractivity contribution in [2.75, 3.05) is 13.1 Å². The molecule has 1 spiro atoms. The third-order valence-corrected chi connectivity index (χ3v) is 5.92. The molecule has 1 atom stereocenters. The Kier molecular flexibility index (Phi) is 3.46. The Morgan fingerprint density at radius 3 is 2.86 bits per heavy atom. The molecule has 0 bridgehead atoms. The van der Waals surface area contributed by atoms with Gasteiger partial charge < -0.3 is 9.47 Å². The Balaban J connectivity index is 1.57. The predicted octanol–water partition coefficient (Wildman–Crippen LogP) is 2.58. The third-order valence-electron chi connectivity index (χ3n) is 5.92. The summed E-state index contributed by atoms with van der Waals surface area (Å²) in [7, 11) is 0. The number of rotatable bonds is 5. The van der Waals surface area contributed by atoms with E-state index in [2.05, 4.69) is 26.6 Å². The van der Waals surface area contributed by atoms with Gasteiger partial charge in [-0.15, -0.1) is 10.2 Å². The summed E-state index contributed by atoms with van der Waals surface area (Å²) in [4.78, 5) is 14.4. The molecule has 1 saturated heterocycles. The largest absolute Gasteiger partial charge is 0.341 e. The van der Waals surface area contributed by atoms with Crippen LogP contribution >= 0.6 is 0 Å². The van der Waals surface area contributed by atoms with Gasteiger partial charge in [-0.05, 0) is 43.4 Å². The van der Waals surface area contributed by atoms with Gasteiger partial charge in [0, 0.05) is 32.0 Å². The van der Waals surface area contributed by atoms with E-state index in [-0.39, 0.29) is 5.41 Å². The Labute approximate surface area is 132 Å². The first kappa shape index (κ1) is 14.2. The van der Waals surface area contributed by atoms with E-state index in [1.807, 2.05) is 6.33 Å². The summed E-state index contributed by atoms with van der Waals surface area (Å²) in [5.41, 5.74) is 0.289. The Bertz CT molecular complexity index is 559. The van der Waals surface area contributed by atoms with Gasteiger partial charge >= 0.3 is 0 Å². The van der Waals surface area contributed by atoms with Crippen molar-refractivity contribution in [1.82, 2.24) is 19.7 Å². The summed E-state index contributed by atoms with van der Waals surface area (Å²) in [6.45, 7) is 4.93. The minimum Gasteiger partial charge on any atom is -0.341 e. The van der Waals surface area contributed by atoms with Crippen LogP contribution in [0.1, 0.15) is 63.6 Å². The average Bonchev–Trinajstić information content (AvgIpc) is 3.00. The second-order valence-corrected chi connectivity index (χ2v) is 7.58. The molecule has 0 radical (unpaired) electrons. The summed E-state index contributed by atoms with van der Waals surface area (Å²) >= 11 is 0. The van der Waals surface area contributed by atoms with Crippen LogP contribution in [-0.2, 0) is 11.3 Å². The fraction of sp³-hybridized carbons (Fsp3) is 0.824. The number of amides is 1. The van der Waals surface area contributed by atoms with Crippen LogP contribution in [0.3, 0.4) is 0 Å². The second kappa shape index (κ2) is 5.36. The number of aromatic nitrogens is 3. The van der Waals surface area contributed by atoms with Crippen LogP contribution < -0.4 is 0 Å². The van der Waals surface area contributed by atoms with Crippen molar-refractivity contribution in [2.45, 2.75) is 64.3 Å². The standard InChI is InChI=1S/C17H26N4O/c1-2-4-15(22)20-10-14(17(11-20)7-3-8-17)16-19-18-12-21(16)9-13-5-6-13/h12-14H,2-11H2,1H3. The van der Waals surface area contributed by atoms with Crippen molar-refractivity contribution >= 4 is 5.91 Å². The number of likely N-dealkylation sites (tertiary alicyclic amines) is 1. The van der Waals surface area contributed by atoms with Gasteiger partial charge in [0.2, 0.25) is 5.91 Å². The molecule has 5 heteroatoms. The molecule has 0 aromatic carbocycles. The topological polar surface area (TPSA) is 51.0 Å². The maximum Gasteiger partial charge on any atom is 0.222 e. The zero-order valence-electron chi connectivity index (χ0n) is 13.5. The van der Waals surface area contributed by atoms with Gasteiger partial charge in [-0.1, -0.05) is 13.3 Å². The summed E-state index contributed by atoms with van der Waals surface area (Å²) in [5, 5.41) is 8.66. The maximum absolute atomic E-state index is 12.3. The van der Waals surface area contributed by atoms with Crippen molar-refractivity contribution < 1.29 is 4.79 Å². The lowest BCUT2D eigenvalue weighted by atomic mass is 9.62. The monoisotopic (exact) mass is 302 g/mol. The van der Waals surface area contributed by atoms with Crippen LogP contribution in [-0.4, -0.2) is 38.7 Å². The first-order chi connectivity index (χ1) is 10.7. The van der Waals surface area contributed by atoms with Crippen LogP contribution in [0.15, 0.2) is 6.33 Å². The first-order valence-corrected chi connectivity index (χ1v) is 8.87. The molecule has 1 aromatic heterocycles. The van der Waals surface area contributed by atoms with Gasteiger partial charge in [0.1, 0.15) is 12.2 Å². The quantitative estimate of drug-likeness (QED) is 0.840. The van der Waals surface area contributed by atoms with Crippen LogP contribution in [0.4, 0.5) is 0 Å². The molecule has 5 nitrogen and oxygen atoms in total. The molecule has 1 aliphatic heterocycles. The lowest BCUT2D eigenvalue weighted by Gasteiger charge is -2.42. The molecule has 2 heterocycles. The fourth-order valence-corrected chi connectivity index (χ4v) is 4.28. The number of carbonyl (C=O) groups excluding carboxylic acids is 1. The zero-order chi connectivity index (χ0) is 15.2. The van der Waals surface area contributed by atoms with Gasteiger partial charge in [-0.2, -0.15) is 0 Å². The van der Waals surface area contributed by atoms with Gasteiger partial charge in [-0.25, -0.2) is 0 Å². The molecule has 3 aliphatic rings. The fourth-order valence-electron chi connectivity index (χ4n) is 4.28. The number of hydrogen-bond donors (Lipinski definition) is 0. The van der Waals surface area contributed by atoms with Gasteiger partial charge in [0.25, 0.3) is 0 Å². The van der Waals surface area contributed by atoms with Crippen LogP contribution in [0.25, 0.3) is 0 Å². The van der Waals surface area contributed by atoms with Crippen molar-refractivity contribution in [2.24, 2.45) is 11.3 Å². The van der Waals surface area contributed by atoms with Gasteiger partial charge in [-0.3, -0.25) is 4.79 Å². The zero-order valence-corrected chi connectivity index (χ0v) is 13.5. The third kappa shape index (κ3) is 2.34. The number of carbonyl (C=O) groups is 1.